The molecule has 3 aromatic rings. The number of rotatable bonds is 6. The van der Waals surface area contributed by atoms with Gasteiger partial charge in [0.2, 0.25) is 0 Å². The summed E-state index contributed by atoms with van der Waals surface area (Å²) in [5.74, 6) is -0.977. The molecule has 0 heterocycles. The summed E-state index contributed by atoms with van der Waals surface area (Å²) in [6.45, 7) is 3.77. The van der Waals surface area contributed by atoms with Crippen LogP contribution in [0.15, 0.2) is 71.6 Å². The molecule has 3 aromatic carbocycles. The van der Waals surface area contributed by atoms with Gasteiger partial charge in [0.15, 0.2) is 0 Å². The summed E-state index contributed by atoms with van der Waals surface area (Å²) in [4.78, 5) is 24.2. The van der Waals surface area contributed by atoms with E-state index in [1.807, 2.05) is 26.0 Å². The van der Waals surface area contributed by atoms with Gasteiger partial charge >= 0.3 is 5.97 Å². The molecule has 0 fully saturated rings. The zero-order valence-electron chi connectivity index (χ0n) is 17.3. The van der Waals surface area contributed by atoms with E-state index in [0.717, 1.165) is 11.1 Å². The van der Waals surface area contributed by atoms with Crippen molar-refractivity contribution in [2.24, 2.45) is 0 Å². The number of esters is 1. The predicted molar refractivity (Wildman–Crippen MR) is 119 cm³/mol. The summed E-state index contributed by atoms with van der Waals surface area (Å²) in [5, 5.41) is 2.68. The van der Waals surface area contributed by atoms with Crippen molar-refractivity contribution >= 4 is 33.3 Å². The number of anilines is 2. The molecule has 160 valence electrons. The Morgan fingerprint density at radius 3 is 2.19 bits per heavy atom. The lowest BCUT2D eigenvalue weighted by molar-refractivity contribution is 0.0600. The number of nitrogens with one attached hydrogen (secondary N) is 2. The molecular formula is C23H22N2O5S. The van der Waals surface area contributed by atoms with Crippen LogP contribution < -0.4 is 10.0 Å². The minimum Gasteiger partial charge on any atom is -0.465 e. The van der Waals surface area contributed by atoms with Crippen molar-refractivity contribution in [3.63, 3.8) is 0 Å². The first-order valence-electron chi connectivity index (χ1n) is 9.39. The van der Waals surface area contributed by atoms with E-state index in [2.05, 4.69) is 14.8 Å². The molecule has 0 bridgehead atoms. The first kappa shape index (κ1) is 22.0. The van der Waals surface area contributed by atoms with E-state index in [0.29, 0.717) is 11.4 Å². The summed E-state index contributed by atoms with van der Waals surface area (Å²) >= 11 is 0. The first-order valence-corrected chi connectivity index (χ1v) is 10.9. The zero-order chi connectivity index (χ0) is 22.6. The van der Waals surface area contributed by atoms with E-state index >= 15 is 0 Å². The summed E-state index contributed by atoms with van der Waals surface area (Å²) < 4.78 is 32.6. The normalized spacial score (nSPS) is 10.9. The molecule has 7 nitrogen and oxygen atoms in total. The van der Waals surface area contributed by atoms with Crippen LogP contribution in [0, 0.1) is 13.8 Å². The van der Waals surface area contributed by atoms with Gasteiger partial charge in [-0.3, -0.25) is 9.52 Å². The Hall–Kier alpha value is -3.65. The molecule has 0 aromatic heterocycles. The third-order valence-corrected chi connectivity index (χ3v) is 5.98. The number of hydrogen-bond donors (Lipinski definition) is 2. The zero-order valence-corrected chi connectivity index (χ0v) is 18.1. The molecule has 31 heavy (non-hydrogen) atoms. The minimum absolute atomic E-state index is 0.0677. The summed E-state index contributed by atoms with van der Waals surface area (Å²) in [6, 6.07) is 17.4. The smallest absolute Gasteiger partial charge is 0.337 e. The van der Waals surface area contributed by atoms with Gasteiger partial charge in [0.1, 0.15) is 0 Å². The Labute approximate surface area is 181 Å². The molecule has 0 saturated heterocycles. The lowest BCUT2D eigenvalue weighted by Crippen LogP contribution is -2.15. The van der Waals surface area contributed by atoms with Gasteiger partial charge in [0.25, 0.3) is 15.9 Å². The average molecular weight is 439 g/mol. The SMILES string of the molecule is COC(=O)c1cccc(C(=O)Nc2ccc(S(=O)(=O)Nc3ccc(C)cc3C)cc2)c1. The number of carbonyl (C=O) groups excluding carboxylic acids is 2. The van der Waals surface area contributed by atoms with E-state index in [1.54, 1.807) is 24.3 Å². The molecule has 0 aliphatic heterocycles. The van der Waals surface area contributed by atoms with Gasteiger partial charge in [-0.05, 0) is 67.9 Å². The van der Waals surface area contributed by atoms with Crippen LogP contribution in [0.2, 0.25) is 0 Å². The summed E-state index contributed by atoms with van der Waals surface area (Å²) in [6.07, 6.45) is 0. The van der Waals surface area contributed by atoms with Crippen molar-refractivity contribution in [3.05, 3.63) is 89.0 Å². The molecular weight excluding hydrogens is 416 g/mol. The fourth-order valence-corrected chi connectivity index (χ4v) is 4.09. The van der Waals surface area contributed by atoms with Crippen LogP contribution in [-0.2, 0) is 14.8 Å². The molecule has 8 heteroatoms. The van der Waals surface area contributed by atoms with Crippen LogP contribution in [0.1, 0.15) is 31.8 Å². The van der Waals surface area contributed by atoms with E-state index < -0.39 is 21.9 Å². The van der Waals surface area contributed by atoms with Crippen LogP contribution in [0.5, 0.6) is 0 Å². The average Bonchev–Trinajstić information content (AvgIpc) is 2.75. The number of aryl methyl sites for hydroxylation is 2. The van der Waals surface area contributed by atoms with Crippen molar-refractivity contribution in [1.29, 1.82) is 0 Å². The highest BCUT2D eigenvalue weighted by Crippen LogP contribution is 2.22. The van der Waals surface area contributed by atoms with Gasteiger partial charge in [0.05, 0.1) is 23.3 Å². The van der Waals surface area contributed by atoms with Crippen LogP contribution in [0.4, 0.5) is 11.4 Å². The molecule has 3 rings (SSSR count). The highest BCUT2D eigenvalue weighted by atomic mass is 32.2. The molecule has 0 saturated carbocycles. The summed E-state index contributed by atoms with van der Waals surface area (Å²) in [7, 11) is -2.51. The van der Waals surface area contributed by atoms with Crippen molar-refractivity contribution < 1.29 is 22.7 Å². The van der Waals surface area contributed by atoms with Gasteiger partial charge in [-0.15, -0.1) is 0 Å². The third kappa shape index (κ3) is 5.29. The van der Waals surface area contributed by atoms with E-state index in [-0.39, 0.29) is 16.0 Å². The Morgan fingerprint density at radius 1 is 0.871 bits per heavy atom. The number of hydrogen-bond acceptors (Lipinski definition) is 5. The molecule has 0 unspecified atom stereocenters. The molecule has 0 atom stereocenters. The van der Waals surface area contributed by atoms with Crippen LogP contribution in [-0.4, -0.2) is 27.4 Å². The second-order valence-electron chi connectivity index (χ2n) is 6.97. The maximum Gasteiger partial charge on any atom is 0.337 e. The molecule has 0 spiro atoms. The second-order valence-corrected chi connectivity index (χ2v) is 8.66. The molecule has 1 amide bonds. The molecule has 0 aliphatic rings. The Kier molecular flexibility index (Phi) is 6.41. The van der Waals surface area contributed by atoms with Crippen molar-refractivity contribution in [2.75, 3.05) is 17.1 Å². The maximum atomic E-state index is 12.7. The quantitative estimate of drug-likeness (QED) is 0.563. The molecule has 0 radical (unpaired) electrons. The number of ether oxygens (including phenoxy) is 1. The van der Waals surface area contributed by atoms with Crippen LogP contribution >= 0.6 is 0 Å². The van der Waals surface area contributed by atoms with Gasteiger partial charge in [-0.25, -0.2) is 13.2 Å². The van der Waals surface area contributed by atoms with Crippen LogP contribution in [0.3, 0.4) is 0 Å². The fourth-order valence-electron chi connectivity index (χ4n) is 2.96. The minimum atomic E-state index is -3.78. The second kappa shape index (κ2) is 9.01. The number of carbonyl (C=O) groups is 2. The molecule has 0 aliphatic carbocycles. The monoisotopic (exact) mass is 438 g/mol. The third-order valence-electron chi connectivity index (χ3n) is 4.59. The maximum absolute atomic E-state index is 12.7. The van der Waals surface area contributed by atoms with E-state index in [1.165, 1.54) is 37.4 Å². The van der Waals surface area contributed by atoms with Crippen molar-refractivity contribution in [2.45, 2.75) is 18.7 Å². The van der Waals surface area contributed by atoms with Crippen molar-refractivity contribution in [3.8, 4) is 0 Å². The highest BCUT2D eigenvalue weighted by molar-refractivity contribution is 7.92. The topological polar surface area (TPSA) is 102 Å². The number of methoxy groups -OCH3 is 1. The van der Waals surface area contributed by atoms with Gasteiger partial charge < -0.3 is 10.1 Å². The van der Waals surface area contributed by atoms with Gasteiger partial charge in [-0.1, -0.05) is 23.8 Å². The number of amides is 1. The fraction of sp³-hybridized carbons (Fsp3) is 0.130. The Morgan fingerprint density at radius 2 is 1.55 bits per heavy atom. The molecule has 2 N–H and O–H groups in total. The summed E-state index contributed by atoms with van der Waals surface area (Å²) in [5.41, 5.74) is 3.32. The van der Waals surface area contributed by atoms with Gasteiger partial charge in [-0.2, -0.15) is 0 Å². The van der Waals surface area contributed by atoms with E-state index in [4.69, 9.17) is 0 Å². The van der Waals surface area contributed by atoms with Crippen molar-refractivity contribution in [1.82, 2.24) is 0 Å². The standard InChI is InChI=1S/C23H22N2O5S/c1-15-7-12-21(16(2)13-15)25-31(28,29)20-10-8-19(9-11-20)24-22(26)17-5-4-6-18(14-17)23(27)30-3/h4-14,25H,1-3H3,(H,24,26). The Balaban J connectivity index is 1.74. The first-order chi connectivity index (χ1) is 14.7. The number of benzene rings is 3. The lowest BCUT2D eigenvalue weighted by Gasteiger charge is -2.12. The number of sulfonamides is 1. The lowest BCUT2D eigenvalue weighted by atomic mass is 10.1. The van der Waals surface area contributed by atoms with E-state index in [9.17, 15) is 18.0 Å². The largest absolute Gasteiger partial charge is 0.465 e. The highest BCUT2D eigenvalue weighted by Gasteiger charge is 2.16. The van der Waals surface area contributed by atoms with Crippen LogP contribution in [0.25, 0.3) is 0 Å². The van der Waals surface area contributed by atoms with Gasteiger partial charge in [0, 0.05) is 11.3 Å². The predicted octanol–water partition coefficient (Wildman–Crippen LogP) is 4.14. The Bertz CT molecular complexity index is 1240.